The van der Waals surface area contributed by atoms with E-state index in [1.165, 1.54) is 12.1 Å². The average Bonchev–Trinajstić information content (AvgIpc) is 2.68. The summed E-state index contributed by atoms with van der Waals surface area (Å²) in [5.41, 5.74) is 2.85. The number of anilines is 1. The van der Waals surface area contributed by atoms with E-state index in [1.807, 2.05) is 32.0 Å². The molecule has 0 saturated heterocycles. The van der Waals surface area contributed by atoms with Crippen LogP contribution < -0.4 is 5.32 Å². The third kappa shape index (κ3) is 4.64. The molecule has 0 atom stereocenters. The van der Waals surface area contributed by atoms with E-state index in [0.717, 1.165) is 11.3 Å². The predicted molar refractivity (Wildman–Crippen MR) is 116 cm³/mol. The number of nitrogens with one attached hydrogen (secondary N) is 1. The molecule has 0 saturated carbocycles. The highest BCUT2D eigenvalue weighted by Gasteiger charge is 2.20. The zero-order chi connectivity index (χ0) is 21.1. The van der Waals surface area contributed by atoms with Gasteiger partial charge in [0, 0.05) is 16.1 Å². The van der Waals surface area contributed by atoms with Gasteiger partial charge in [0.15, 0.2) is 6.61 Å². The van der Waals surface area contributed by atoms with Gasteiger partial charge >= 0.3 is 5.97 Å². The van der Waals surface area contributed by atoms with E-state index in [0.29, 0.717) is 27.9 Å². The van der Waals surface area contributed by atoms with Gasteiger partial charge < -0.3 is 10.1 Å². The van der Waals surface area contributed by atoms with E-state index in [-0.39, 0.29) is 15.7 Å². The van der Waals surface area contributed by atoms with Crippen molar-refractivity contribution >= 4 is 63.3 Å². The first-order chi connectivity index (χ1) is 13.8. The third-order valence-electron chi connectivity index (χ3n) is 4.38. The summed E-state index contributed by atoms with van der Waals surface area (Å²) >= 11 is 18.0. The Kier molecular flexibility index (Phi) is 6.63. The number of ether oxygens (including phenoxy) is 1. The maximum Gasteiger partial charge on any atom is 0.339 e. The fourth-order valence-corrected chi connectivity index (χ4v) is 3.92. The third-order valence-corrected chi connectivity index (χ3v) is 5.20. The number of benzene rings is 2. The Hall–Kier alpha value is -2.34. The standard InChI is InChI=1S/C21H17Cl3N2O3/c1-3-16-11(2)19(13-6-4-5-7-17(13)25-16)21(28)29-10-18(27)26-20-14(23)8-12(22)9-15(20)24/h4-9H,3,10H2,1-2H3,(H,26,27). The van der Waals surface area contributed by atoms with Crippen LogP contribution in [-0.2, 0) is 16.0 Å². The van der Waals surface area contributed by atoms with Gasteiger partial charge in [-0.25, -0.2) is 4.79 Å². The zero-order valence-corrected chi connectivity index (χ0v) is 18.0. The second-order valence-corrected chi connectivity index (χ2v) is 7.55. The number of nitrogens with zero attached hydrogens (tertiary/aromatic N) is 1. The smallest absolute Gasteiger partial charge is 0.339 e. The molecule has 0 unspecified atom stereocenters. The van der Waals surface area contributed by atoms with Gasteiger partial charge in [0.1, 0.15) is 0 Å². The van der Waals surface area contributed by atoms with Gasteiger partial charge in [0.05, 0.1) is 26.8 Å². The first-order valence-corrected chi connectivity index (χ1v) is 9.95. The molecule has 3 rings (SSSR count). The summed E-state index contributed by atoms with van der Waals surface area (Å²) in [4.78, 5) is 29.6. The van der Waals surface area contributed by atoms with Gasteiger partial charge in [-0.1, -0.05) is 59.9 Å². The Morgan fingerprint density at radius 3 is 2.41 bits per heavy atom. The number of fused-ring (bicyclic) bond motifs is 1. The highest BCUT2D eigenvalue weighted by Crippen LogP contribution is 2.33. The largest absolute Gasteiger partial charge is 0.452 e. The summed E-state index contributed by atoms with van der Waals surface area (Å²) in [5, 5.41) is 3.93. The van der Waals surface area contributed by atoms with Crippen molar-refractivity contribution in [3.05, 3.63) is 68.3 Å². The van der Waals surface area contributed by atoms with Crippen LogP contribution in [0.15, 0.2) is 36.4 Å². The molecule has 0 aliphatic heterocycles. The molecule has 8 heteroatoms. The molecule has 1 heterocycles. The lowest BCUT2D eigenvalue weighted by molar-refractivity contribution is -0.119. The fourth-order valence-electron chi connectivity index (χ4n) is 3.01. The van der Waals surface area contributed by atoms with Crippen LogP contribution >= 0.6 is 34.8 Å². The number of carbonyl (C=O) groups excluding carboxylic acids is 2. The van der Waals surface area contributed by atoms with Gasteiger partial charge in [-0.2, -0.15) is 0 Å². The number of esters is 1. The van der Waals surface area contributed by atoms with Crippen LogP contribution in [0.4, 0.5) is 5.69 Å². The van der Waals surface area contributed by atoms with E-state index in [2.05, 4.69) is 10.3 Å². The maximum atomic E-state index is 12.8. The van der Waals surface area contributed by atoms with E-state index in [4.69, 9.17) is 39.5 Å². The molecule has 0 spiro atoms. The SMILES string of the molecule is CCc1nc2ccccc2c(C(=O)OCC(=O)Nc2c(Cl)cc(Cl)cc2Cl)c1C. The Labute approximate surface area is 182 Å². The van der Waals surface area contributed by atoms with Crippen LogP contribution in [0.5, 0.6) is 0 Å². The number of aryl methyl sites for hydroxylation is 1. The molecule has 0 bridgehead atoms. The van der Waals surface area contributed by atoms with Crippen LogP contribution in [-0.4, -0.2) is 23.5 Å². The van der Waals surface area contributed by atoms with Crippen molar-refractivity contribution in [2.24, 2.45) is 0 Å². The van der Waals surface area contributed by atoms with Crippen molar-refractivity contribution < 1.29 is 14.3 Å². The molecule has 5 nitrogen and oxygen atoms in total. The number of hydrogen-bond donors (Lipinski definition) is 1. The highest BCUT2D eigenvalue weighted by atomic mass is 35.5. The fraction of sp³-hybridized carbons (Fsp3) is 0.190. The number of rotatable bonds is 5. The van der Waals surface area contributed by atoms with Crippen molar-refractivity contribution in [2.45, 2.75) is 20.3 Å². The number of pyridine rings is 1. The molecule has 1 aromatic heterocycles. The van der Waals surface area contributed by atoms with E-state index >= 15 is 0 Å². The van der Waals surface area contributed by atoms with Gasteiger partial charge in [0.25, 0.3) is 5.91 Å². The lowest BCUT2D eigenvalue weighted by Gasteiger charge is -2.14. The molecule has 0 aliphatic carbocycles. The van der Waals surface area contributed by atoms with Gasteiger partial charge in [0.2, 0.25) is 0 Å². The second kappa shape index (κ2) is 8.99. The van der Waals surface area contributed by atoms with Crippen molar-refractivity contribution in [3.8, 4) is 0 Å². The molecule has 150 valence electrons. The topological polar surface area (TPSA) is 68.3 Å². The summed E-state index contributed by atoms with van der Waals surface area (Å²) in [6, 6.07) is 10.2. The summed E-state index contributed by atoms with van der Waals surface area (Å²) in [7, 11) is 0. The average molecular weight is 452 g/mol. The van der Waals surface area contributed by atoms with Crippen molar-refractivity contribution in [1.29, 1.82) is 0 Å². The molecule has 1 N–H and O–H groups in total. The van der Waals surface area contributed by atoms with E-state index < -0.39 is 18.5 Å². The molecule has 29 heavy (non-hydrogen) atoms. The summed E-state index contributed by atoms with van der Waals surface area (Å²) in [6.45, 7) is 3.29. The zero-order valence-electron chi connectivity index (χ0n) is 15.7. The van der Waals surface area contributed by atoms with E-state index in [9.17, 15) is 9.59 Å². The van der Waals surface area contributed by atoms with Gasteiger partial charge in [-0.3, -0.25) is 9.78 Å². The van der Waals surface area contributed by atoms with Gasteiger partial charge in [-0.15, -0.1) is 0 Å². The Balaban J connectivity index is 1.80. The number of hydrogen-bond acceptors (Lipinski definition) is 4. The first kappa shape index (κ1) is 21.4. The molecule has 3 aromatic rings. The Bertz CT molecular complexity index is 1090. The lowest BCUT2D eigenvalue weighted by atomic mass is 10.0. The van der Waals surface area contributed by atoms with E-state index in [1.54, 1.807) is 6.07 Å². The lowest BCUT2D eigenvalue weighted by Crippen LogP contribution is -2.22. The number of halogens is 3. The number of carbonyl (C=O) groups is 2. The second-order valence-electron chi connectivity index (χ2n) is 6.30. The van der Waals surface area contributed by atoms with Crippen LogP contribution in [0.25, 0.3) is 10.9 Å². The minimum Gasteiger partial charge on any atom is -0.452 e. The maximum absolute atomic E-state index is 12.8. The van der Waals surface area contributed by atoms with Gasteiger partial charge in [-0.05, 0) is 37.1 Å². The quantitative estimate of drug-likeness (QED) is 0.493. The van der Waals surface area contributed by atoms with Crippen molar-refractivity contribution in [2.75, 3.05) is 11.9 Å². The Morgan fingerprint density at radius 2 is 1.76 bits per heavy atom. The number of para-hydroxylation sites is 1. The summed E-state index contributed by atoms with van der Waals surface area (Å²) in [5.74, 6) is -1.17. The van der Waals surface area contributed by atoms with Crippen LogP contribution in [0, 0.1) is 6.92 Å². The summed E-state index contributed by atoms with van der Waals surface area (Å²) in [6.07, 6.45) is 0.672. The molecule has 0 fully saturated rings. The number of amides is 1. The molecule has 0 radical (unpaired) electrons. The summed E-state index contributed by atoms with van der Waals surface area (Å²) < 4.78 is 5.26. The Morgan fingerprint density at radius 1 is 1.10 bits per heavy atom. The van der Waals surface area contributed by atoms with Crippen LogP contribution in [0.3, 0.4) is 0 Å². The first-order valence-electron chi connectivity index (χ1n) is 8.81. The van der Waals surface area contributed by atoms with Crippen LogP contribution in [0.1, 0.15) is 28.5 Å². The molecule has 0 aliphatic rings. The molecule has 1 amide bonds. The van der Waals surface area contributed by atoms with Crippen LogP contribution in [0.2, 0.25) is 15.1 Å². The molecular formula is C21H17Cl3N2O3. The molecule has 2 aromatic carbocycles. The van der Waals surface area contributed by atoms with Crippen molar-refractivity contribution in [3.63, 3.8) is 0 Å². The molecular weight excluding hydrogens is 435 g/mol. The minimum atomic E-state index is -0.598. The van der Waals surface area contributed by atoms with Crippen molar-refractivity contribution in [1.82, 2.24) is 4.98 Å². The minimum absolute atomic E-state index is 0.186. The highest BCUT2D eigenvalue weighted by molar-refractivity contribution is 6.42. The predicted octanol–water partition coefficient (Wildman–Crippen LogP) is 5.86. The normalized spacial score (nSPS) is 10.8. The monoisotopic (exact) mass is 450 g/mol. The number of aromatic nitrogens is 1.